The number of hydrogen-bond acceptors (Lipinski definition) is 4. The number of fused-ring (bicyclic) bond motifs is 1. The predicted molar refractivity (Wildman–Crippen MR) is 72.5 cm³/mol. The maximum Gasteiger partial charge on any atom is 0.329 e. The Labute approximate surface area is 108 Å². The minimum absolute atomic E-state index is 0.0369. The summed E-state index contributed by atoms with van der Waals surface area (Å²) in [6.45, 7) is 4.30. The molecule has 0 spiro atoms. The van der Waals surface area contributed by atoms with Gasteiger partial charge in [0, 0.05) is 18.0 Å². The van der Waals surface area contributed by atoms with E-state index in [0.29, 0.717) is 22.6 Å². The van der Waals surface area contributed by atoms with E-state index in [9.17, 15) is 9.59 Å². The van der Waals surface area contributed by atoms with Gasteiger partial charge in [0.15, 0.2) is 0 Å². The van der Waals surface area contributed by atoms with Crippen LogP contribution in [0.25, 0.3) is 10.2 Å². The third-order valence-electron chi connectivity index (χ3n) is 2.80. The van der Waals surface area contributed by atoms with Crippen molar-refractivity contribution in [1.29, 1.82) is 0 Å². The minimum atomic E-state index is -0.405. The first-order valence-corrected chi connectivity index (χ1v) is 6.73. The van der Waals surface area contributed by atoms with Gasteiger partial charge >= 0.3 is 5.69 Å². The number of aromatic nitrogens is 2. The van der Waals surface area contributed by atoms with Gasteiger partial charge in [-0.3, -0.25) is 14.3 Å². The summed E-state index contributed by atoms with van der Waals surface area (Å²) in [5, 5.41) is 9.33. The summed E-state index contributed by atoms with van der Waals surface area (Å²) in [6, 6.07) is 1.85. The fraction of sp³-hybridized carbons (Fsp3) is 0.500. The van der Waals surface area contributed by atoms with Crippen LogP contribution in [-0.4, -0.2) is 21.3 Å². The lowest BCUT2D eigenvalue weighted by atomic mass is 10.2. The molecule has 0 fully saturated rings. The summed E-state index contributed by atoms with van der Waals surface area (Å²) in [4.78, 5) is 28.4. The SMILES string of the molecule is CC(C)c1cc2c(=O)n(CCCO)c(=O)[nH]c2s1. The molecule has 0 bridgehead atoms. The molecule has 98 valence electrons. The molecule has 0 unspecified atom stereocenters. The second-order valence-electron chi connectivity index (χ2n) is 4.51. The molecule has 0 radical (unpaired) electrons. The Balaban J connectivity index is 2.62. The van der Waals surface area contributed by atoms with Gasteiger partial charge in [-0.2, -0.15) is 0 Å². The third kappa shape index (κ3) is 2.26. The zero-order chi connectivity index (χ0) is 13.3. The zero-order valence-electron chi connectivity index (χ0n) is 10.4. The van der Waals surface area contributed by atoms with Gasteiger partial charge in [-0.1, -0.05) is 13.8 Å². The van der Waals surface area contributed by atoms with E-state index in [-0.39, 0.29) is 18.7 Å². The summed E-state index contributed by atoms with van der Waals surface area (Å²) in [7, 11) is 0. The van der Waals surface area contributed by atoms with Gasteiger partial charge in [0.2, 0.25) is 0 Å². The molecule has 18 heavy (non-hydrogen) atoms. The number of thiophene rings is 1. The van der Waals surface area contributed by atoms with Gasteiger partial charge in [0.05, 0.1) is 5.39 Å². The molecule has 0 aliphatic rings. The van der Waals surface area contributed by atoms with Crippen molar-refractivity contribution in [2.45, 2.75) is 32.7 Å². The Bertz CT molecular complexity index is 666. The highest BCUT2D eigenvalue weighted by molar-refractivity contribution is 7.18. The van der Waals surface area contributed by atoms with E-state index in [4.69, 9.17) is 5.11 Å². The Kier molecular flexibility index (Phi) is 3.68. The van der Waals surface area contributed by atoms with Crippen molar-refractivity contribution in [3.05, 3.63) is 31.8 Å². The lowest BCUT2D eigenvalue weighted by molar-refractivity contribution is 0.278. The van der Waals surface area contributed by atoms with Crippen molar-refractivity contribution in [3.63, 3.8) is 0 Å². The first-order valence-electron chi connectivity index (χ1n) is 5.92. The van der Waals surface area contributed by atoms with Crippen molar-refractivity contribution >= 4 is 21.6 Å². The Morgan fingerprint density at radius 1 is 1.44 bits per heavy atom. The normalized spacial score (nSPS) is 11.6. The van der Waals surface area contributed by atoms with Crippen molar-refractivity contribution in [2.75, 3.05) is 6.61 Å². The van der Waals surface area contributed by atoms with Gasteiger partial charge in [0.25, 0.3) is 5.56 Å². The number of hydrogen-bond donors (Lipinski definition) is 2. The molecular formula is C12H16N2O3S. The smallest absolute Gasteiger partial charge is 0.329 e. The number of aliphatic hydroxyl groups is 1. The van der Waals surface area contributed by atoms with Gasteiger partial charge < -0.3 is 5.11 Å². The van der Waals surface area contributed by atoms with Crippen LogP contribution in [0.15, 0.2) is 15.7 Å². The highest BCUT2D eigenvalue weighted by Gasteiger charge is 2.12. The number of rotatable bonds is 4. The molecule has 0 aliphatic carbocycles. The third-order valence-corrected chi connectivity index (χ3v) is 4.15. The maximum absolute atomic E-state index is 12.2. The quantitative estimate of drug-likeness (QED) is 0.876. The summed E-state index contributed by atoms with van der Waals surface area (Å²) < 4.78 is 1.15. The van der Waals surface area contributed by atoms with Crippen molar-refractivity contribution in [2.24, 2.45) is 0 Å². The van der Waals surface area contributed by atoms with Crippen LogP contribution in [0, 0.1) is 0 Å². The lowest BCUT2D eigenvalue weighted by Crippen LogP contribution is -2.34. The van der Waals surface area contributed by atoms with Gasteiger partial charge in [-0.05, 0) is 18.4 Å². The molecule has 0 atom stereocenters. The molecule has 0 amide bonds. The van der Waals surface area contributed by atoms with Gasteiger partial charge in [0.1, 0.15) is 4.83 Å². The number of H-pyrrole nitrogens is 1. The molecule has 2 aromatic rings. The van der Waals surface area contributed by atoms with E-state index in [1.165, 1.54) is 11.3 Å². The Hall–Kier alpha value is -1.40. The van der Waals surface area contributed by atoms with Crippen LogP contribution in [0.4, 0.5) is 0 Å². The van der Waals surface area contributed by atoms with E-state index >= 15 is 0 Å². The van der Waals surface area contributed by atoms with E-state index in [1.54, 1.807) is 0 Å². The molecule has 2 rings (SSSR count). The fourth-order valence-corrected chi connectivity index (χ4v) is 2.82. The van der Waals surface area contributed by atoms with Gasteiger partial charge in [-0.25, -0.2) is 4.79 Å². The number of aromatic amines is 1. The first-order chi connectivity index (χ1) is 8.54. The lowest BCUT2D eigenvalue weighted by Gasteiger charge is -2.02. The Morgan fingerprint density at radius 3 is 2.78 bits per heavy atom. The molecule has 0 saturated heterocycles. The van der Waals surface area contributed by atoms with E-state index in [1.807, 2.05) is 19.9 Å². The average Bonchev–Trinajstić information content (AvgIpc) is 2.73. The monoisotopic (exact) mass is 268 g/mol. The van der Waals surface area contributed by atoms with Crippen LogP contribution in [0.5, 0.6) is 0 Å². The largest absolute Gasteiger partial charge is 0.396 e. The Morgan fingerprint density at radius 2 is 2.17 bits per heavy atom. The summed E-state index contributed by atoms with van der Waals surface area (Å²) >= 11 is 1.45. The average molecular weight is 268 g/mol. The fourth-order valence-electron chi connectivity index (χ4n) is 1.78. The summed E-state index contributed by atoms with van der Waals surface area (Å²) in [5.74, 6) is 0.330. The molecule has 0 aliphatic heterocycles. The molecule has 6 heteroatoms. The molecular weight excluding hydrogens is 252 g/mol. The van der Waals surface area contributed by atoms with Crippen molar-refractivity contribution < 1.29 is 5.11 Å². The molecule has 2 aromatic heterocycles. The molecule has 0 aromatic carbocycles. The van der Waals surface area contributed by atoms with Crippen LogP contribution in [0.3, 0.4) is 0 Å². The second-order valence-corrected chi connectivity index (χ2v) is 5.59. The highest BCUT2D eigenvalue weighted by atomic mass is 32.1. The topological polar surface area (TPSA) is 75.1 Å². The van der Waals surface area contributed by atoms with Crippen molar-refractivity contribution in [3.8, 4) is 0 Å². The second kappa shape index (κ2) is 5.07. The van der Waals surface area contributed by atoms with E-state index in [0.717, 1.165) is 9.44 Å². The van der Waals surface area contributed by atoms with Crippen LogP contribution >= 0.6 is 11.3 Å². The highest BCUT2D eigenvalue weighted by Crippen LogP contribution is 2.26. The number of nitrogens with zero attached hydrogens (tertiary/aromatic N) is 1. The van der Waals surface area contributed by atoms with Crippen molar-refractivity contribution in [1.82, 2.24) is 9.55 Å². The predicted octanol–water partition coefficient (Wildman–Crippen LogP) is 1.26. The molecule has 0 saturated carbocycles. The molecule has 5 nitrogen and oxygen atoms in total. The summed E-state index contributed by atoms with van der Waals surface area (Å²) in [6.07, 6.45) is 0.398. The van der Waals surface area contributed by atoms with E-state index in [2.05, 4.69) is 4.98 Å². The van der Waals surface area contributed by atoms with Crippen LogP contribution in [0.1, 0.15) is 31.1 Å². The van der Waals surface area contributed by atoms with E-state index < -0.39 is 5.69 Å². The minimum Gasteiger partial charge on any atom is -0.396 e. The number of nitrogens with one attached hydrogen (secondary N) is 1. The van der Waals surface area contributed by atoms with Crippen LogP contribution in [-0.2, 0) is 6.54 Å². The maximum atomic E-state index is 12.2. The van der Waals surface area contributed by atoms with Gasteiger partial charge in [-0.15, -0.1) is 11.3 Å². The summed E-state index contributed by atoms with van der Waals surface area (Å²) in [5.41, 5.74) is -0.677. The standard InChI is InChI=1S/C12H16N2O3S/c1-7(2)9-6-8-10(18-9)13-12(17)14(11(8)16)4-3-5-15/h6-7,15H,3-5H2,1-2H3,(H,13,17). The van der Waals surface area contributed by atoms with Crippen LogP contribution in [0.2, 0.25) is 0 Å². The number of aliphatic hydroxyl groups excluding tert-OH is 1. The zero-order valence-corrected chi connectivity index (χ0v) is 11.2. The molecule has 2 N–H and O–H groups in total. The molecule has 2 heterocycles. The van der Waals surface area contributed by atoms with Crippen LogP contribution < -0.4 is 11.2 Å². The first kappa shape index (κ1) is 13.0.